The molecule has 0 fully saturated rings. The fourth-order valence-corrected chi connectivity index (χ4v) is 8.92. The number of esters is 2. The van der Waals surface area contributed by atoms with E-state index in [4.69, 9.17) is 23.7 Å². The summed E-state index contributed by atoms with van der Waals surface area (Å²) < 4.78 is 180. The Hall–Kier alpha value is -7.46. The molecule has 0 aromatic heterocycles. The summed E-state index contributed by atoms with van der Waals surface area (Å²) in [6.07, 6.45) is -20.2. The van der Waals surface area contributed by atoms with Crippen molar-refractivity contribution in [1.82, 2.24) is 9.80 Å². The van der Waals surface area contributed by atoms with Crippen molar-refractivity contribution >= 4 is 63.2 Å². The Bertz CT molecular complexity index is 3170. The topological polar surface area (TPSA) is 182 Å². The highest BCUT2D eigenvalue weighted by atomic mass is 79.9. The van der Waals surface area contributed by atoms with E-state index < -0.39 is 113 Å². The second-order valence-electron chi connectivity index (χ2n) is 24.9. The van der Waals surface area contributed by atoms with Crippen molar-refractivity contribution in [1.29, 1.82) is 0 Å². The Balaban J connectivity index is 0.000000328. The van der Waals surface area contributed by atoms with Gasteiger partial charge in [0.05, 0.1) is 35.1 Å². The molecule has 2 heterocycles. The van der Waals surface area contributed by atoms with Crippen LogP contribution in [0.25, 0.3) is 0 Å². The lowest BCUT2D eigenvalue weighted by Crippen LogP contribution is -2.45. The highest BCUT2D eigenvalue weighted by Gasteiger charge is 2.39. The van der Waals surface area contributed by atoms with Crippen LogP contribution < -0.4 is 14.5 Å². The van der Waals surface area contributed by atoms with Crippen LogP contribution in [0.15, 0.2) is 72.8 Å². The number of hydrogen-bond donors (Lipinski definition) is 1. The molecule has 0 saturated carbocycles. The number of nitrogens with zero attached hydrogens (tertiary/aromatic N) is 4. The normalized spacial score (nSPS) is 13.5. The maximum Gasteiger partial charge on any atom is 0.416 e. The quantitative estimate of drug-likeness (QED) is 0.0547. The van der Waals surface area contributed by atoms with Crippen LogP contribution in [0.5, 0.6) is 11.5 Å². The fraction of sp³-hybridized carbons (Fsp3) is 0.516. The number of aromatic hydroxyl groups is 1. The molecule has 2 aliphatic heterocycles. The van der Waals surface area contributed by atoms with Gasteiger partial charge in [0.1, 0.15) is 53.6 Å². The highest BCUT2D eigenvalue weighted by molar-refractivity contribution is 9.08. The van der Waals surface area contributed by atoms with Gasteiger partial charge in [-0.3, -0.25) is 29.0 Å². The zero-order valence-corrected chi connectivity index (χ0v) is 53.6. The van der Waals surface area contributed by atoms with Crippen LogP contribution >= 0.6 is 15.9 Å². The van der Waals surface area contributed by atoms with E-state index in [0.29, 0.717) is 60.6 Å². The van der Waals surface area contributed by atoms with E-state index in [0.717, 1.165) is 10.5 Å². The van der Waals surface area contributed by atoms with E-state index in [1.807, 2.05) is 0 Å². The number of hydrogen-bond acceptors (Lipinski definition) is 12. The number of rotatable bonds is 14. The summed E-state index contributed by atoms with van der Waals surface area (Å²) in [7, 11) is 0. The van der Waals surface area contributed by atoms with Gasteiger partial charge in [0, 0.05) is 42.9 Å². The molecule has 16 nitrogen and oxygen atoms in total. The number of carbonyl (C=O) groups is 6. The number of fused-ring (bicyclic) bond motifs is 2. The molecule has 0 bridgehead atoms. The van der Waals surface area contributed by atoms with Gasteiger partial charge in [0.25, 0.3) is 0 Å². The third-order valence-corrected chi connectivity index (χ3v) is 13.0. The molecule has 0 unspecified atom stereocenters. The number of carbonyl (C=O) groups excluding carboxylic acids is 6. The maximum absolute atomic E-state index is 13.3. The number of ether oxygens (including phenoxy) is 5. The Morgan fingerprint density at radius 2 is 0.813 bits per heavy atom. The highest BCUT2D eigenvalue weighted by Crippen LogP contribution is 2.39. The molecule has 0 aliphatic carbocycles. The van der Waals surface area contributed by atoms with Gasteiger partial charge in [-0.2, -0.15) is 52.7 Å². The molecule has 0 saturated heterocycles. The van der Waals surface area contributed by atoms with Crippen molar-refractivity contribution in [3.05, 3.63) is 117 Å². The van der Waals surface area contributed by atoms with Crippen LogP contribution in [-0.4, -0.2) is 113 Å². The average molecular weight is 1370 g/mol. The van der Waals surface area contributed by atoms with E-state index in [-0.39, 0.29) is 85.0 Å². The minimum absolute atomic E-state index is 0.00580. The first-order valence-electron chi connectivity index (χ1n) is 28.1. The molecule has 29 heteroatoms. The second kappa shape index (κ2) is 29.9. The van der Waals surface area contributed by atoms with Crippen LogP contribution in [0.3, 0.4) is 0 Å². The van der Waals surface area contributed by atoms with E-state index >= 15 is 0 Å². The van der Waals surface area contributed by atoms with E-state index in [1.54, 1.807) is 112 Å². The van der Waals surface area contributed by atoms with Crippen molar-refractivity contribution in [2.45, 2.75) is 168 Å². The summed E-state index contributed by atoms with van der Waals surface area (Å²) in [5.74, 6) is -1.42. The SMILES string of the molecule is CC(C)(C)OC(=O)CCN(CC(=O)N1CCc2cc(O)ccc21)C(=O)OC(C)(C)C.CC(C)(C)OC(=O)CCN(CC(=O)N1CCc2cc(OCc3cc(C(F)(F)F)cc(C(F)(F)F)c3)ccc21)C(=O)OC(C)(C)C.FC(F)(F)c1cc(CBr)cc(C(F)(F)F)c1. The third-order valence-electron chi connectivity index (χ3n) is 12.3. The van der Waals surface area contributed by atoms with Crippen molar-refractivity contribution in [3.63, 3.8) is 0 Å². The standard InChI is InChI=1S/C31H36F6N2O6.C22H32N2O6.C9H5BrF6/c1-28(2,3)44-26(41)10-11-38(27(42)45-29(4,5)6)17-25(40)39-12-9-20-15-23(7-8-24(20)39)43-18-19-13-21(30(32,33)34)16-22(14-19)31(35,36)37;1-21(2,3)29-19(27)10-11-23(20(28)30-22(4,5)6)14-18(26)24-12-9-15-13-16(25)7-8-17(15)24;10-4-5-1-6(8(11,12)13)3-7(2-5)9(14,15)16/h7-8,13-16H,9-12,17-18H2,1-6H3;7-8,13,25H,9-12,14H2,1-6H3;1-3H,4H2. The first-order chi connectivity index (χ1) is 41.4. The van der Waals surface area contributed by atoms with Crippen LogP contribution in [0.2, 0.25) is 0 Å². The summed E-state index contributed by atoms with van der Waals surface area (Å²) in [6, 6.07) is 12.1. The predicted molar refractivity (Wildman–Crippen MR) is 313 cm³/mol. The minimum atomic E-state index is -4.98. The molecular formula is C62H73BrF12N4O12. The average Bonchev–Trinajstić information content (AvgIpc) is 2.54. The molecule has 4 aromatic carbocycles. The van der Waals surface area contributed by atoms with Crippen LogP contribution in [0.4, 0.5) is 73.6 Å². The molecule has 0 atom stereocenters. The van der Waals surface area contributed by atoms with Crippen molar-refractivity contribution in [2.75, 3.05) is 49.1 Å². The third kappa shape index (κ3) is 25.3. The zero-order valence-electron chi connectivity index (χ0n) is 52.1. The Labute approximate surface area is 527 Å². The number of phenols is 1. The molecule has 91 heavy (non-hydrogen) atoms. The van der Waals surface area contributed by atoms with E-state index in [1.165, 1.54) is 21.9 Å². The lowest BCUT2D eigenvalue weighted by Gasteiger charge is -2.29. The Morgan fingerprint density at radius 3 is 1.15 bits per heavy atom. The Morgan fingerprint density at radius 1 is 0.473 bits per heavy atom. The monoisotopic (exact) mass is 1370 g/mol. The molecular weight excluding hydrogens is 1300 g/mol. The number of phenolic OH excluding ortho intramolecular Hbond substituents is 1. The summed E-state index contributed by atoms with van der Waals surface area (Å²) in [6.45, 7) is 20.0. The first kappa shape index (κ1) is 76.0. The number of alkyl halides is 13. The van der Waals surface area contributed by atoms with Gasteiger partial charge in [-0.15, -0.1) is 0 Å². The van der Waals surface area contributed by atoms with Crippen molar-refractivity contribution in [3.8, 4) is 11.5 Å². The fourth-order valence-electron chi connectivity index (χ4n) is 8.60. The minimum Gasteiger partial charge on any atom is -0.508 e. The molecule has 4 amide bonds. The van der Waals surface area contributed by atoms with Gasteiger partial charge in [-0.25, -0.2) is 9.59 Å². The second-order valence-corrected chi connectivity index (χ2v) is 25.5. The van der Waals surface area contributed by atoms with Crippen LogP contribution in [-0.2, 0) is 87.6 Å². The molecule has 6 rings (SSSR count). The van der Waals surface area contributed by atoms with Crippen LogP contribution in [0.1, 0.15) is 140 Å². The zero-order chi connectivity index (χ0) is 69.2. The molecule has 0 spiro atoms. The number of halogens is 13. The molecule has 2 aliphatic rings. The van der Waals surface area contributed by atoms with Crippen molar-refractivity contribution < 1.29 is 110 Å². The van der Waals surface area contributed by atoms with Gasteiger partial charge >= 0.3 is 48.8 Å². The summed E-state index contributed by atoms with van der Waals surface area (Å²) in [4.78, 5) is 81.5. The van der Waals surface area contributed by atoms with E-state index in [2.05, 4.69) is 15.9 Å². The number of benzene rings is 4. The summed E-state index contributed by atoms with van der Waals surface area (Å²) >= 11 is 2.82. The predicted octanol–water partition coefficient (Wildman–Crippen LogP) is 15.0. The molecule has 0 radical (unpaired) electrons. The van der Waals surface area contributed by atoms with Gasteiger partial charge in [0.2, 0.25) is 11.8 Å². The molecule has 4 aromatic rings. The summed E-state index contributed by atoms with van der Waals surface area (Å²) in [5.41, 5.74) is -6.06. The van der Waals surface area contributed by atoms with Gasteiger partial charge in [0.15, 0.2) is 0 Å². The van der Waals surface area contributed by atoms with Gasteiger partial charge < -0.3 is 38.6 Å². The smallest absolute Gasteiger partial charge is 0.416 e. The molecule has 1 N–H and O–H groups in total. The largest absolute Gasteiger partial charge is 0.508 e. The van der Waals surface area contributed by atoms with E-state index in [9.17, 15) is 86.6 Å². The number of anilines is 2. The number of amides is 4. The lowest BCUT2D eigenvalue weighted by atomic mass is 10.1. The maximum atomic E-state index is 13.3. The van der Waals surface area contributed by atoms with Gasteiger partial charge in [-0.05, 0) is 191 Å². The molecule has 504 valence electrons. The first-order valence-corrected chi connectivity index (χ1v) is 29.2. The van der Waals surface area contributed by atoms with Crippen molar-refractivity contribution in [2.24, 2.45) is 0 Å². The Kier molecular flexibility index (Phi) is 24.9. The van der Waals surface area contributed by atoms with Gasteiger partial charge in [-0.1, -0.05) is 15.9 Å². The van der Waals surface area contributed by atoms with Crippen LogP contribution in [0, 0.1) is 0 Å². The summed E-state index contributed by atoms with van der Waals surface area (Å²) in [5, 5.41) is 9.56. The lowest BCUT2D eigenvalue weighted by molar-refractivity contribution is -0.156.